The molecule has 8 heteroatoms. The van der Waals surface area contributed by atoms with Crippen LogP contribution in [-0.2, 0) is 20.3 Å². The van der Waals surface area contributed by atoms with Crippen LogP contribution >= 0.6 is 11.9 Å². The van der Waals surface area contributed by atoms with E-state index in [1.807, 2.05) is 67.5 Å². The molecule has 0 amide bonds. The predicted molar refractivity (Wildman–Crippen MR) is 181 cm³/mol. The average molecular weight is 630 g/mol. The van der Waals surface area contributed by atoms with Gasteiger partial charge < -0.3 is 18.9 Å². The van der Waals surface area contributed by atoms with Gasteiger partial charge in [-0.2, -0.15) is 0 Å². The van der Waals surface area contributed by atoms with E-state index in [-0.39, 0.29) is 22.0 Å². The quantitative estimate of drug-likeness (QED) is 0.184. The van der Waals surface area contributed by atoms with Crippen LogP contribution in [0.25, 0.3) is 0 Å². The zero-order valence-electron chi connectivity index (χ0n) is 29.6. The van der Waals surface area contributed by atoms with Crippen molar-refractivity contribution in [2.24, 2.45) is 5.14 Å². The van der Waals surface area contributed by atoms with Crippen LogP contribution in [-0.4, -0.2) is 28.8 Å². The number of hydrogen-bond acceptors (Lipinski definition) is 8. The molecule has 0 spiro atoms. The summed E-state index contributed by atoms with van der Waals surface area (Å²) >= 11 is 1.34. The van der Waals surface area contributed by atoms with Crippen molar-refractivity contribution in [2.75, 3.05) is 0 Å². The van der Waals surface area contributed by atoms with E-state index in [4.69, 9.17) is 24.1 Å². The van der Waals surface area contributed by atoms with E-state index in [0.29, 0.717) is 11.5 Å². The average Bonchev–Trinajstić information content (AvgIpc) is 2.79. The first-order valence-electron chi connectivity index (χ1n) is 15.3. The van der Waals surface area contributed by atoms with Gasteiger partial charge >= 0.3 is 12.3 Å². The topological polar surface area (TPSA) is 97.1 Å². The molecule has 246 valence electrons. The molecule has 2 rings (SSSR count). The van der Waals surface area contributed by atoms with Crippen LogP contribution in [0.1, 0.15) is 136 Å². The summed E-state index contributed by atoms with van der Waals surface area (Å²) < 4.78 is 22.5. The molecule has 0 heterocycles. The first kappa shape index (κ1) is 37.5. The third kappa shape index (κ3) is 10.7. The maximum absolute atomic E-state index is 12.7. The monoisotopic (exact) mass is 629 g/mol. The van der Waals surface area contributed by atoms with Crippen molar-refractivity contribution >= 4 is 24.3 Å². The highest BCUT2D eigenvalue weighted by Crippen LogP contribution is 2.44. The number of rotatable bonds is 7. The van der Waals surface area contributed by atoms with Crippen molar-refractivity contribution in [2.45, 2.75) is 143 Å². The Bertz CT molecular complexity index is 1240. The van der Waals surface area contributed by atoms with E-state index >= 15 is 0 Å². The van der Waals surface area contributed by atoms with E-state index in [2.05, 4.69) is 60.6 Å². The summed E-state index contributed by atoms with van der Waals surface area (Å²) in [6, 6.07) is 8.20. The zero-order valence-corrected chi connectivity index (χ0v) is 30.4. The van der Waals surface area contributed by atoms with E-state index in [1.54, 1.807) is 0 Å². The van der Waals surface area contributed by atoms with Crippen molar-refractivity contribution in [3.05, 3.63) is 57.6 Å². The predicted octanol–water partition coefficient (Wildman–Crippen LogP) is 10.0. The van der Waals surface area contributed by atoms with Gasteiger partial charge in [0.2, 0.25) is 0 Å². The molecule has 1 atom stereocenters. The van der Waals surface area contributed by atoms with Gasteiger partial charge in [-0.3, -0.25) is 5.14 Å². The molecule has 0 saturated carbocycles. The fourth-order valence-electron chi connectivity index (χ4n) is 5.02. The SMILES string of the molecule is Cc1cc(OC(=O)OC(C)(C)C)c(C(C)(C)C)cc1C(CC(C)SN)c1cc(C(C)(C)C)c(OC(=O)OC(C)(C)C)cc1C. The molecule has 0 fully saturated rings. The Morgan fingerprint density at radius 1 is 0.682 bits per heavy atom. The molecule has 7 nitrogen and oxygen atoms in total. The van der Waals surface area contributed by atoms with E-state index in [1.165, 1.54) is 11.9 Å². The maximum atomic E-state index is 12.7. The van der Waals surface area contributed by atoms with Crippen molar-refractivity contribution in [3.63, 3.8) is 0 Å². The summed E-state index contributed by atoms with van der Waals surface area (Å²) in [7, 11) is 0. The van der Waals surface area contributed by atoms with Gasteiger partial charge in [0.25, 0.3) is 0 Å². The maximum Gasteiger partial charge on any atom is 0.514 e. The fraction of sp³-hybridized carbons (Fsp3) is 0.611. The highest BCUT2D eigenvalue weighted by Gasteiger charge is 2.31. The number of hydrogen-bond donors (Lipinski definition) is 1. The summed E-state index contributed by atoms with van der Waals surface area (Å²) in [6.45, 7) is 29.7. The second-order valence-corrected chi connectivity index (χ2v) is 16.9. The lowest BCUT2D eigenvalue weighted by Gasteiger charge is -2.31. The number of carbonyl (C=O) groups is 2. The Labute approximate surface area is 270 Å². The molecule has 0 saturated heterocycles. The third-order valence-corrected chi connectivity index (χ3v) is 7.73. The van der Waals surface area contributed by atoms with Gasteiger partial charge in [-0.05, 0) is 107 Å². The van der Waals surface area contributed by atoms with Gasteiger partial charge in [-0.25, -0.2) is 9.59 Å². The number of nitrogens with two attached hydrogens (primary N) is 1. The first-order chi connectivity index (χ1) is 19.8. The molecule has 0 aliphatic heterocycles. The summed E-state index contributed by atoms with van der Waals surface area (Å²) in [5.74, 6) is 0.942. The van der Waals surface area contributed by atoms with Crippen LogP contribution in [0.5, 0.6) is 11.5 Å². The van der Waals surface area contributed by atoms with Crippen molar-refractivity contribution in [3.8, 4) is 11.5 Å². The number of ether oxygens (including phenoxy) is 4. The minimum Gasteiger partial charge on any atom is -0.428 e. The highest BCUT2D eigenvalue weighted by molar-refractivity contribution is 7.97. The van der Waals surface area contributed by atoms with Gasteiger partial charge in [-0.1, -0.05) is 72.5 Å². The standard InChI is InChI=1S/C36H55NO6S/c1-21-16-29(40-31(38)42-35(10,11)12)27(33(4,5)6)19-24(21)26(18-23(3)44-37)25-20-28(34(7,8)9)30(17-22(25)2)41-32(39)43-36(13,14)15/h16-17,19-20,23,26H,18,37H2,1-15H3. The van der Waals surface area contributed by atoms with E-state index in [9.17, 15) is 9.59 Å². The third-order valence-electron chi connectivity index (χ3n) is 7.07. The second-order valence-electron chi connectivity index (χ2n) is 15.8. The Hall–Kier alpha value is -2.71. The Kier molecular flexibility index (Phi) is 11.7. The Balaban J connectivity index is 2.79. The molecule has 0 bridgehead atoms. The molecular formula is C36H55NO6S. The molecule has 1 unspecified atom stereocenters. The van der Waals surface area contributed by atoms with Crippen LogP contribution in [0.2, 0.25) is 0 Å². The van der Waals surface area contributed by atoms with E-state index < -0.39 is 23.5 Å². The van der Waals surface area contributed by atoms with Crippen LogP contribution in [0, 0.1) is 13.8 Å². The Morgan fingerprint density at radius 2 is 1.02 bits per heavy atom. The molecular weight excluding hydrogens is 574 g/mol. The number of benzene rings is 2. The molecule has 0 aliphatic carbocycles. The second kappa shape index (κ2) is 13.7. The largest absolute Gasteiger partial charge is 0.514 e. The van der Waals surface area contributed by atoms with Gasteiger partial charge in [0.05, 0.1) is 0 Å². The molecule has 44 heavy (non-hydrogen) atoms. The van der Waals surface area contributed by atoms with Crippen molar-refractivity contribution < 1.29 is 28.5 Å². The lowest BCUT2D eigenvalue weighted by atomic mass is 9.76. The lowest BCUT2D eigenvalue weighted by Crippen LogP contribution is -2.27. The molecule has 2 N–H and O–H groups in total. The molecule has 2 aromatic carbocycles. The summed E-state index contributed by atoms with van der Waals surface area (Å²) in [6.07, 6.45) is -0.689. The van der Waals surface area contributed by atoms with Crippen LogP contribution < -0.4 is 14.6 Å². The summed E-state index contributed by atoms with van der Waals surface area (Å²) in [4.78, 5) is 25.4. The highest BCUT2D eigenvalue weighted by atomic mass is 32.2. The van der Waals surface area contributed by atoms with Crippen LogP contribution in [0.15, 0.2) is 24.3 Å². The number of aryl methyl sites for hydroxylation is 2. The first-order valence-corrected chi connectivity index (χ1v) is 16.2. The van der Waals surface area contributed by atoms with Crippen LogP contribution in [0.4, 0.5) is 9.59 Å². The molecule has 0 radical (unpaired) electrons. The van der Waals surface area contributed by atoms with Gasteiger partial charge in [0.15, 0.2) is 0 Å². The van der Waals surface area contributed by atoms with E-state index in [0.717, 1.165) is 39.8 Å². The number of carbonyl (C=O) groups excluding carboxylic acids is 2. The summed E-state index contributed by atoms with van der Waals surface area (Å²) in [5, 5.41) is 6.24. The van der Waals surface area contributed by atoms with Crippen molar-refractivity contribution in [1.82, 2.24) is 0 Å². The smallest absolute Gasteiger partial charge is 0.428 e. The van der Waals surface area contributed by atoms with Crippen LogP contribution in [0.3, 0.4) is 0 Å². The molecule has 0 aliphatic rings. The van der Waals surface area contributed by atoms with Gasteiger partial charge in [-0.15, -0.1) is 0 Å². The fourth-order valence-corrected chi connectivity index (χ4v) is 5.32. The van der Waals surface area contributed by atoms with Crippen molar-refractivity contribution in [1.29, 1.82) is 0 Å². The lowest BCUT2D eigenvalue weighted by molar-refractivity contribution is 0.0189. The normalized spacial score (nSPS) is 13.5. The van der Waals surface area contributed by atoms with Gasteiger partial charge in [0, 0.05) is 22.3 Å². The minimum absolute atomic E-state index is 0.0330. The molecule has 2 aromatic rings. The van der Waals surface area contributed by atoms with Gasteiger partial charge in [0.1, 0.15) is 22.7 Å². The molecule has 0 aromatic heterocycles. The minimum atomic E-state index is -0.730. The Morgan fingerprint density at radius 3 is 1.30 bits per heavy atom. The zero-order chi connectivity index (χ0) is 34.0. The summed E-state index contributed by atoms with van der Waals surface area (Å²) in [5.41, 5.74) is 4.04.